The Labute approximate surface area is 142 Å². The molecule has 2 rings (SSSR count). The van der Waals surface area contributed by atoms with Gasteiger partial charge in [0.2, 0.25) is 0 Å². The Hall–Kier alpha value is -2.66. The summed E-state index contributed by atoms with van der Waals surface area (Å²) in [6.45, 7) is 3.39. The highest BCUT2D eigenvalue weighted by Gasteiger charge is 2.07. The molecule has 0 aliphatic heterocycles. The highest BCUT2D eigenvalue weighted by Crippen LogP contribution is 2.06. The maximum Gasteiger partial charge on any atom is 0.251 e. The molecule has 0 atom stereocenters. The number of carbonyl (C=O) groups is 2. The lowest BCUT2D eigenvalue weighted by atomic mass is 10.1. The molecule has 5 heteroatoms. The second-order valence-electron chi connectivity index (χ2n) is 5.58. The van der Waals surface area contributed by atoms with Gasteiger partial charge in [0, 0.05) is 30.8 Å². The minimum Gasteiger partial charge on any atom is -0.352 e. The number of carbonyl (C=O) groups excluding carboxylic acids is 2. The second kappa shape index (κ2) is 8.84. The molecule has 0 aliphatic rings. The van der Waals surface area contributed by atoms with Crippen molar-refractivity contribution < 1.29 is 9.59 Å². The lowest BCUT2D eigenvalue weighted by Crippen LogP contribution is -2.30. The summed E-state index contributed by atoms with van der Waals surface area (Å²) in [5.74, 6) is -0.208. The Morgan fingerprint density at radius 3 is 2.17 bits per heavy atom. The summed E-state index contributed by atoms with van der Waals surface area (Å²) in [6, 6.07) is 14.7. The SMILES string of the molecule is Cc1ccccc1C(=O)NCCCNC(=O)c1ccc(CN)cc1. The van der Waals surface area contributed by atoms with Gasteiger partial charge in [0.25, 0.3) is 11.8 Å². The van der Waals surface area contributed by atoms with Crippen LogP contribution in [0.4, 0.5) is 0 Å². The number of hydrogen-bond donors (Lipinski definition) is 3. The molecule has 2 aromatic carbocycles. The van der Waals surface area contributed by atoms with Crippen LogP contribution < -0.4 is 16.4 Å². The third-order valence-corrected chi connectivity index (χ3v) is 3.77. The third-order valence-electron chi connectivity index (χ3n) is 3.77. The molecular weight excluding hydrogens is 302 g/mol. The molecule has 2 aromatic rings. The Morgan fingerprint density at radius 1 is 0.917 bits per heavy atom. The van der Waals surface area contributed by atoms with Crippen LogP contribution in [0.3, 0.4) is 0 Å². The summed E-state index contributed by atoms with van der Waals surface area (Å²) >= 11 is 0. The van der Waals surface area contributed by atoms with E-state index in [0.717, 1.165) is 11.1 Å². The van der Waals surface area contributed by atoms with E-state index in [1.54, 1.807) is 18.2 Å². The quantitative estimate of drug-likeness (QED) is 0.681. The molecule has 0 fully saturated rings. The Bertz CT molecular complexity index is 696. The average molecular weight is 325 g/mol. The van der Waals surface area contributed by atoms with Crippen LogP contribution in [0.1, 0.15) is 38.3 Å². The van der Waals surface area contributed by atoms with Gasteiger partial charge < -0.3 is 16.4 Å². The smallest absolute Gasteiger partial charge is 0.251 e. The fourth-order valence-corrected chi connectivity index (χ4v) is 2.31. The average Bonchev–Trinajstić information content (AvgIpc) is 2.61. The van der Waals surface area contributed by atoms with Gasteiger partial charge in [-0.05, 0) is 42.7 Å². The summed E-state index contributed by atoms with van der Waals surface area (Å²) < 4.78 is 0. The normalized spacial score (nSPS) is 10.2. The second-order valence-corrected chi connectivity index (χ2v) is 5.58. The fourth-order valence-electron chi connectivity index (χ4n) is 2.31. The topological polar surface area (TPSA) is 84.2 Å². The van der Waals surface area contributed by atoms with E-state index in [1.807, 2.05) is 37.3 Å². The third kappa shape index (κ3) is 4.93. The zero-order chi connectivity index (χ0) is 17.4. The number of benzene rings is 2. The van der Waals surface area contributed by atoms with Crippen molar-refractivity contribution >= 4 is 11.8 Å². The number of aryl methyl sites for hydroxylation is 1. The standard InChI is InChI=1S/C19H23N3O2/c1-14-5-2-3-6-17(14)19(24)22-12-4-11-21-18(23)16-9-7-15(13-20)8-10-16/h2-3,5-10H,4,11-13,20H2,1H3,(H,21,23)(H,22,24). The molecule has 0 spiro atoms. The minimum absolute atomic E-state index is 0.0863. The summed E-state index contributed by atoms with van der Waals surface area (Å²) in [6.07, 6.45) is 0.671. The van der Waals surface area contributed by atoms with E-state index < -0.39 is 0 Å². The first-order chi connectivity index (χ1) is 11.6. The van der Waals surface area contributed by atoms with Crippen molar-refractivity contribution in [2.75, 3.05) is 13.1 Å². The van der Waals surface area contributed by atoms with Gasteiger partial charge in [-0.15, -0.1) is 0 Å². The van der Waals surface area contributed by atoms with Gasteiger partial charge in [-0.2, -0.15) is 0 Å². The van der Waals surface area contributed by atoms with Gasteiger partial charge in [0.15, 0.2) is 0 Å². The van der Waals surface area contributed by atoms with E-state index in [2.05, 4.69) is 10.6 Å². The molecule has 4 N–H and O–H groups in total. The molecule has 0 radical (unpaired) electrons. The first kappa shape index (κ1) is 17.7. The first-order valence-corrected chi connectivity index (χ1v) is 8.03. The molecule has 0 aliphatic carbocycles. The van der Waals surface area contributed by atoms with Crippen molar-refractivity contribution in [3.8, 4) is 0 Å². The van der Waals surface area contributed by atoms with E-state index in [0.29, 0.717) is 37.2 Å². The molecule has 0 unspecified atom stereocenters. The van der Waals surface area contributed by atoms with Crippen LogP contribution in [0.5, 0.6) is 0 Å². The number of hydrogen-bond acceptors (Lipinski definition) is 3. The van der Waals surface area contributed by atoms with Crippen molar-refractivity contribution in [3.63, 3.8) is 0 Å². The Kier molecular flexibility index (Phi) is 6.51. The van der Waals surface area contributed by atoms with Gasteiger partial charge in [-0.25, -0.2) is 0 Å². The van der Waals surface area contributed by atoms with Crippen LogP contribution in [0.15, 0.2) is 48.5 Å². The molecule has 0 heterocycles. The molecular formula is C19H23N3O2. The zero-order valence-electron chi connectivity index (χ0n) is 13.8. The van der Waals surface area contributed by atoms with Crippen LogP contribution >= 0.6 is 0 Å². The molecule has 0 aromatic heterocycles. The van der Waals surface area contributed by atoms with E-state index in [9.17, 15) is 9.59 Å². The first-order valence-electron chi connectivity index (χ1n) is 8.03. The van der Waals surface area contributed by atoms with Crippen molar-refractivity contribution in [3.05, 3.63) is 70.8 Å². The summed E-state index contributed by atoms with van der Waals surface area (Å²) in [5, 5.41) is 5.70. The van der Waals surface area contributed by atoms with E-state index in [-0.39, 0.29) is 11.8 Å². The lowest BCUT2D eigenvalue weighted by Gasteiger charge is -2.08. The molecule has 24 heavy (non-hydrogen) atoms. The maximum atomic E-state index is 12.0. The summed E-state index contributed by atoms with van der Waals surface area (Å²) in [4.78, 5) is 24.0. The summed E-state index contributed by atoms with van der Waals surface area (Å²) in [5.41, 5.74) is 8.76. The van der Waals surface area contributed by atoms with Crippen LogP contribution in [-0.2, 0) is 6.54 Å². The van der Waals surface area contributed by atoms with Crippen LogP contribution in [-0.4, -0.2) is 24.9 Å². The van der Waals surface area contributed by atoms with Crippen molar-refractivity contribution in [1.82, 2.24) is 10.6 Å². The van der Waals surface area contributed by atoms with Crippen LogP contribution in [0, 0.1) is 6.92 Å². The van der Waals surface area contributed by atoms with Gasteiger partial charge in [0.05, 0.1) is 0 Å². The molecule has 0 saturated heterocycles. The zero-order valence-corrected chi connectivity index (χ0v) is 13.8. The molecule has 0 saturated carbocycles. The number of amides is 2. The predicted octanol–water partition coefficient (Wildman–Crippen LogP) is 2.00. The van der Waals surface area contributed by atoms with Crippen LogP contribution in [0.2, 0.25) is 0 Å². The fraction of sp³-hybridized carbons (Fsp3) is 0.263. The number of nitrogens with one attached hydrogen (secondary N) is 2. The van der Waals surface area contributed by atoms with Gasteiger partial charge in [-0.1, -0.05) is 30.3 Å². The predicted molar refractivity (Wildman–Crippen MR) is 94.8 cm³/mol. The minimum atomic E-state index is -0.121. The number of nitrogens with two attached hydrogens (primary N) is 1. The lowest BCUT2D eigenvalue weighted by molar-refractivity contribution is 0.0951. The van der Waals surface area contributed by atoms with Crippen molar-refractivity contribution in [2.24, 2.45) is 5.73 Å². The van der Waals surface area contributed by atoms with E-state index >= 15 is 0 Å². The molecule has 2 amide bonds. The molecule has 126 valence electrons. The van der Waals surface area contributed by atoms with Gasteiger partial charge in [-0.3, -0.25) is 9.59 Å². The van der Waals surface area contributed by atoms with Gasteiger partial charge in [0.1, 0.15) is 0 Å². The van der Waals surface area contributed by atoms with E-state index in [1.165, 1.54) is 0 Å². The summed E-state index contributed by atoms with van der Waals surface area (Å²) in [7, 11) is 0. The monoisotopic (exact) mass is 325 g/mol. The Morgan fingerprint density at radius 2 is 1.54 bits per heavy atom. The van der Waals surface area contributed by atoms with Crippen molar-refractivity contribution in [2.45, 2.75) is 19.9 Å². The highest BCUT2D eigenvalue weighted by molar-refractivity contribution is 5.95. The van der Waals surface area contributed by atoms with Gasteiger partial charge >= 0.3 is 0 Å². The maximum absolute atomic E-state index is 12.0. The molecule has 0 bridgehead atoms. The highest BCUT2D eigenvalue weighted by atomic mass is 16.2. The Balaban J connectivity index is 1.70. The van der Waals surface area contributed by atoms with Crippen molar-refractivity contribution in [1.29, 1.82) is 0 Å². The van der Waals surface area contributed by atoms with Crippen LogP contribution in [0.25, 0.3) is 0 Å². The molecule has 5 nitrogen and oxygen atoms in total. The van der Waals surface area contributed by atoms with E-state index in [4.69, 9.17) is 5.73 Å². The largest absolute Gasteiger partial charge is 0.352 e. The number of rotatable bonds is 7.